The quantitative estimate of drug-likeness (QED) is 0.700. The molecule has 0 aromatic heterocycles. The first-order chi connectivity index (χ1) is 13.1. The molecule has 29 heavy (non-hydrogen) atoms. The summed E-state index contributed by atoms with van der Waals surface area (Å²) < 4.78 is 5.36. The number of anilines is 1. The maximum Gasteiger partial charge on any atom is 0.254 e. The summed E-state index contributed by atoms with van der Waals surface area (Å²) in [6.45, 7) is 5.22. The van der Waals surface area contributed by atoms with Gasteiger partial charge in [0.2, 0.25) is 5.91 Å². The van der Waals surface area contributed by atoms with Crippen molar-refractivity contribution in [3.8, 4) is 5.75 Å². The van der Waals surface area contributed by atoms with E-state index in [9.17, 15) is 9.59 Å². The van der Waals surface area contributed by atoms with E-state index in [-0.39, 0.29) is 36.6 Å². The molecule has 9 heteroatoms. The third-order valence-corrected chi connectivity index (χ3v) is 5.45. The fraction of sp³-hybridized carbons (Fsp3) is 0.600. The molecule has 1 aromatic rings. The van der Waals surface area contributed by atoms with Crippen LogP contribution in [0.25, 0.3) is 0 Å². The Morgan fingerprint density at radius 2 is 1.93 bits per heavy atom. The predicted molar refractivity (Wildman–Crippen MR) is 120 cm³/mol. The van der Waals surface area contributed by atoms with Crippen LogP contribution in [0.15, 0.2) is 18.2 Å². The van der Waals surface area contributed by atoms with Crippen LogP contribution >= 0.6 is 24.8 Å². The van der Waals surface area contributed by atoms with E-state index in [0.29, 0.717) is 29.3 Å². The average Bonchev–Trinajstić information content (AvgIpc) is 3.20. The van der Waals surface area contributed by atoms with Crippen molar-refractivity contribution in [3.05, 3.63) is 23.8 Å². The first kappa shape index (κ1) is 25.5. The molecule has 164 valence electrons. The second kappa shape index (κ2) is 12.2. The average molecular weight is 447 g/mol. The molecule has 0 spiro atoms. The standard InChI is InChI=1S/C20H30N4O3.2ClH/c1-23-9-11-24(12-10-23)20(26)16-4-5-18(27-2)17(13-16)22-19(25)6-3-15-7-8-21-14-15;;/h4-5,13,15,21H,3,6-12,14H2,1-2H3,(H,22,25);2*1H. The Morgan fingerprint density at radius 3 is 2.55 bits per heavy atom. The van der Waals surface area contributed by atoms with E-state index in [0.717, 1.165) is 52.1 Å². The number of nitrogens with one attached hydrogen (secondary N) is 2. The molecular weight excluding hydrogens is 415 g/mol. The van der Waals surface area contributed by atoms with Crippen LogP contribution in [0.1, 0.15) is 29.6 Å². The lowest BCUT2D eigenvalue weighted by Gasteiger charge is -2.32. The fourth-order valence-electron chi connectivity index (χ4n) is 3.64. The van der Waals surface area contributed by atoms with Crippen molar-refractivity contribution in [1.29, 1.82) is 0 Å². The normalized spacial score (nSPS) is 19.1. The second-order valence-electron chi connectivity index (χ2n) is 7.46. The SMILES string of the molecule is COc1ccc(C(=O)N2CCN(C)CC2)cc1NC(=O)CCC1CCNC1.Cl.Cl. The Bertz CT molecular complexity index is 676. The predicted octanol–water partition coefficient (Wildman–Crippen LogP) is 2.25. The van der Waals surface area contributed by atoms with Gasteiger partial charge < -0.3 is 25.2 Å². The van der Waals surface area contributed by atoms with Crippen molar-refractivity contribution >= 4 is 42.3 Å². The maximum absolute atomic E-state index is 12.8. The summed E-state index contributed by atoms with van der Waals surface area (Å²) in [6.07, 6.45) is 2.48. The van der Waals surface area contributed by atoms with Crippen molar-refractivity contribution in [2.75, 3.05) is 58.7 Å². The number of likely N-dealkylation sites (N-methyl/N-ethyl adjacent to an activating group) is 1. The van der Waals surface area contributed by atoms with Gasteiger partial charge in [0.15, 0.2) is 0 Å². The number of piperazine rings is 1. The zero-order valence-electron chi connectivity index (χ0n) is 17.1. The summed E-state index contributed by atoms with van der Waals surface area (Å²) in [4.78, 5) is 29.2. The van der Waals surface area contributed by atoms with Gasteiger partial charge in [0.05, 0.1) is 12.8 Å². The van der Waals surface area contributed by atoms with Crippen LogP contribution < -0.4 is 15.4 Å². The third kappa shape index (κ3) is 7.03. The monoisotopic (exact) mass is 446 g/mol. The maximum atomic E-state index is 12.8. The molecule has 2 amide bonds. The molecule has 0 bridgehead atoms. The van der Waals surface area contributed by atoms with Crippen LogP contribution in [0.5, 0.6) is 5.75 Å². The number of carbonyl (C=O) groups excluding carboxylic acids is 2. The van der Waals surface area contributed by atoms with Gasteiger partial charge in [-0.3, -0.25) is 9.59 Å². The van der Waals surface area contributed by atoms with Gasteiger partial charge in [-0.05, 0) is 57.1 Å². The minimum absolute atomic E-state index is 0. The molecule has 7 nitrogen and oxygen atoms in total. The Morgan fingerprint density at radius 1 is 1.21 bits per heavy atom. The van der Waals surface area contributed by atoms with Crippen LogP contribution in [0.3, 0.4) is 0 Å². The molecule has 1 unspecified atom stereocenters. The number of carbonyl (C=O) groups is 2. The number of hydrogen-bond donors (Lipinski definition) is 2. The van der Waals surface area contributed by atoms with E-state index in [1.807, 2.05) is 4.90 Å². The lowest BCUT2D eigenvalue weighted by atomic mass is 10.0. The number of rotatable bonds is 6. The molecule has 2 fully saturated rings. The molecule has 1 atom stereocenters. The van der Waals surface area contributed by atoms with E-state index in [2.05, 4.69) is 22.6 Å². The lowest BCUT2D eigenvalue weighted by molar-refractivity contribution is -0.116. The molecule has 3 rings (SSSR count). The molecule has 0 saturated carbocycles. The highest BCUT2D eigenvalue weighted by Gasteiger charge is 2.22. The van der Waals surface area contributed by atoms with Gasteiger partial charge in [0.25, 0.3) is 5.91 Å². The van der Waals surface area contributed by atoms with Crippen LogP contribution in [-0.2, 0) is 4.79 Å². The minimum atomic E-state index is -0.0376. The van der Waals surface area contributed by atoms with Gasteiger partial charge in [0, 0.05) is 38.2 Å². The summed E-state index contributed by atoms with van der Waals surface area (Å²) in [5.74, 6) is 1.10. The number of ether oxygens (including phenoxy) is 1. The topological polar surface area (TPSA) is 73.9 Å². The highest BCUT2D eigenvalue weighted by Crippen LogP contribution is 2.27. The van der Waals surface area contributed by atoms with E-state index in [1.54, 1.807) is 25.3 Å². The van der Waals surface area contributed by atoms with E-state index >= 15 is 0 Å². The van der Waals surface area contributed by atoms with Gasteiger partial charge in [-0.2, -0.15) is 0 Å². The summed E-state index contributed by atoms with van der Waals surface area (Å²) in [6, 6.07) is 5.24. The fourth-order valence-corrected chi connectivity index (χ4v) is 3.64. The van der Waals surface area contributed by atoms with E-state index < -0.39 is 0 Å². The van der Waals surface area contributed by atoms with Crippen LogP contribution in [-0.4, -0.2) is 75.0 Å². The number of nitrogens with zero attached hydrogens (tertiary/aromatic N) is 2. The number of benzene rings is 1. The van der Waals surface area contributed by atoms with E-state index in [1.165, 1.54) is 0 Å². The third-order valence-electron chi connectivity index (χ3n) is 5.45. The van der Waals surface area contributed by atoms with Gasteiger partial charge in [-0.15, -0.1) is 24.8 Å². The highest BCUT2D eigenvalue weighted by molar-refractivity contribution is 5.98. The zero-order valence-corrected chi connectivity index (χ0v) is 18.7. The summed E-state index contributed by atoms with van der Waals surface area (Å²) >= 11 is 0. The van der Waals surface area contributed by atoms with Gasteiger partial charge in [-0.25, -0.2) is 0 Å². The minimum Gasteiger partial charge on any atom is -0.495 e. The largest absolute Gasteiger partial charge is 0.495 e. The summed E-state index contributed by atoms with van der Waals surface area (Å²) in [5, 5.41) is 6.25. The van der Waals surface area contributed by atoms with Crippen molar-refractivity contribution < 1.29 is 14.3 Å². The van der Waals surface area contributed by atoms with Crippen molar-refractivity contribution in [1.82, 2.24) is 15.1 Å². The summed E-state index contributed by atoms with van der Waals surface area (Å²) in [5.41, 5.74) is 1.14. The Kier molecular flexibility index (Phi) is 10.7. The molecule has 2 saturated heterocycles. The van der Waals surface area contributed by atoms with Crippen molar-refractivity contribution in [2.24, 2.45) is 5.92 Å². The molecule has 2 heterocycles. The molecule has 0 aliphatic carbocycles. The van der Waals surface area contributed by atoms with E-state index in [4.69, 9.17) is 4.74 Å². The van der Waals surface area contributed by atoms with Gasteiger partial charge in [-0.1, -0.05) is 0 Å². The molecule has 2 aliphatic rings. The van der Waals surface area contributed by atoms with Crippen molar-refractivity contribution in [3.63, 3.8) is 0 Å². The molecule has 1 aromatic carbocycles. The summed E-state index contributed by atoms with van der Waals surface area (Å²) in [7, 11) is 3.63. The number of methoxy groups -OCH3 is 1. The van der Waals surface area contributed by atoms with Crippen LogP contribution in [0, 0.1) is 5.92 Å². The molecule has 0 radical (unpaired) electrons. The van der Waals surface area contributed by atoms with Gasteiger partial charge in [0.1, 0.15) is 5.75 Å². The van der Waals surface area contributed by atoms with Crippen LogP contribution in [0.2, 0.25) is 0 Å². The number of halogens is 2. The first-order valence-corrected chi connectivity index (χ1v) is 9.73. The Balaban J connectivity index is 0.00000210. The number of hydrogen-bond acceptors (Lipinski definition) is 5. The lowest BCUT2D eigenvalue weighted by Crippen LogP contribution is -2.47. The molecular formula is C20H32Cl2N4O3. The molecule has 2 N–H and O–H groups in total. The van der Waals surface area contributed by atoms with Crippen LogP contribution in [0.4, 0.5) is 5.69 Å². The molecule has 2 aliphatic heterocycles. The second-order valence-corrected chi connectivity index (χ2v) is 7.46. The smallest absolute Gasteiger partial charge is 0.254 e. The zero-order chi connectivity index (χ0) is 19.2. The first-order valence-electron chi connectivity index (χ1n) is 9.73. The highest BCUT2D eigenvalue weighted by atomic mass is 35.5. The van der Waals surface area contributed by atoms with Gasteiger partial charge >= 0.3 is 0 Å². The Hall–Kier alpha value is -1.54. The Labute approximate surface area is 185 Å². The van der Waals surface area contributed by atoms with Crippen molar-refractivity contribution in [2.45, 2.75) is 19.3 Å². The number of amides is 2.